The van der Waals surface area contributed by atoms with E-state index in [4.69, 9.17) is 0 Å². The van der Waals surface area contributed by atoms with Gasteiger partial charge in [0.15, 0.2) is 0 Å². The van der Waals surface area contributed by atoms with Crippen LogP contribution in [0.2, 0.25) is 0 Å². The summed E-state index contributed by atoms with van der Waals surface area (Å²) in [7, 11) is 0. The molecule has 3 amide bonds. The summed E-state index contributed by atoms with van der Waals surface area (Å²) in [4.78, 5) is 40.7. The number of rotatable bonds is 2. The van der Waals surface area contributed by atoms with Crippen molar-refractivity contribution in [3.63, 3.8) is 0 Å². The summed E-state index contributed by atoms with van der Waals surface area (Å²) in [6.45, 7) is 0.842. The van der Waals surface area contributed by atoms with Crippen LogP contribution in [0, 0.1) is 11.8 Å². The van der Waals surface area contributed by atoms with Crippen LogP contribution in [-0.4, -0.2) is 46.7 Å². The lowest BCUT2D eigenvalue weighted by Gasteiger charge is -2.43. The summed E-state index contributed by atoms with van der Waals surface area (Å²) in [5, 5.41) is 0. The highest BCUT2D eigenvalue weighted by atomic mass is 79.9. The van der Waals surface area contributed by atoms with Gasteiger partial charge in [0.05, 0.1) is 23.4 Å². The number of amides is 3. The van der Waals surface area contributed by atoms with Crippen molar-refractivity contribution in [1.29, 1.82) is 0 Å². The Morgan fingerprint density at radius 1 is 1.00 bits per heavy atom. The van der Waals surface area contributed by atoms with Gasteiger partial charge in [0.2, 0.25) is 11.8 Å². The third kappa shape index (κ3) is 2.32. The SMILES string of the molecule is O=C(c1ccccc1Br)N1CC(N2C(=O)[C@H]3CC=CC[C@@H]3C2=O)C1. The van der Waals surface area contributed by atoms with Crippen molar-refractivity contribution < 1.29 is 14.4 Å². The minimum Gasteiger partial charge on any atom is -0.334 e. The van der Waals surface area contributed by atoms with Crippen molar-refractivity contribution in [2.45, 2.75) is 18.9 Å². The van der Waals surface area contributed by atoms with Gasteiger partial charge < -0.3 is 4.90 Å². The number of imide groups is 1. The number of allylic oxidation sites excluding steroid dienone is 2. The highest BCUT2D eigenvalue weighted by Crippen LogP contribution is 2.37. The Kier molecular flexibility index (Phi) is 3.79. The predicted octanol–water partition coefficient (Wildman–Crippen LogP) is 2.22. The van der Waals surface area contributed by atoms with Gasteiger partial charge in [-0.1, -0.05) is 24.3 Å². The number of nitrogens with zero attached hydrogens (tertiary/aromatic N) is 2. The summed E-state index contributed by atoms with van der Waals surface area (Å²) >= 11 is 3.39. The van der Waals surface area contributed by atoms with E-state index in [0.717, 1.165) is 4.47 Å². The summed E-state index contributed by atoms with van der Waals surface area (Å²) < 4.78 is 0.754. The molecule has 1 aliphatic carbocycles. The number of hydrogen-bond donors (Lipinski definition) is 0. The second-order valence-corrected chi connectivity index (χ2v) is 7.40. The zero-order valence-electron chi connectivity index (χ0n) is 13.0. The van der Waals surface area contributed by atoms with Crippen molar-refractivity contribution in [3.8, 4) is 0 Å². The monoisotopic (exact) mass is 388 g/mol. The molecule has 2 aliphatic heterocycles. The van der Waals surface area contributed by atoms with Gasteiger partial charge >= 0.3 is 0 Å². The molecular weight excluding hydrogens is 372 g/mol. The second kappa shape index (κ2) is 5.84. The summed E-state index contributed by atoms with van der Waals surface area (Å²) in [6.07, 6.45) is 5.27. The van der Waals surface area contributed by atoms with Crippen LogP contribution in [0.1, 0.15) is 23.2 Å². The number of hydrogen-bond acceptors (Lipinski definition) is 3. The molecule has 0 N–H and O–H groups in total. The van der Waals surface area contributed by atoms with Crippen LogP contribution in [0.3, 0.4) is 0 Å². The predicted molar refractivity (Wildman–Crippen MR) is 91.0 cm³/mol. The highest BCUT2D eigenvalue weighted by molar-refractivity contribution is 9.10. The molecule has 0 unspecified atom stereocenters. The normalized spacial score (nSPS) is 26.5. The first kappa shape index (κ1) is 15.6. The molecule has 0 bridgehead atoms. The highest BCUT2D eigenvalue weighted by Gasteiger charge is 2.52. The first-order valence-electron chi connectivity index (χ1n) is 8.13. The molecule has 2 atom stereocenters. The lowest BCUT2D eigenvalue weighted by molar-refractivity contribution is -0.145. The number of carbonyl (C=O) groups is 3. The lowest BCUT2D eigenvalue weighted by atomic mass is 9.85. The third-order valence-electron chi connectivity index (χ3n) is 5.16. The van der Waals surface area contributed by atoms with Crippen LogP contribution >= 0.6 is 15.9 Å². The van der Waals surface area contributed by atoms with Gasteiger partial charge in [-0.15, -0.1) is 0 Å². The number of halogens is 1. The molecule has 1 aromatic rings. The zero-order valence-corrected chi connectivity index (χ0v) is 14.6. The number of likely N-dealkylation sites (tertiary alicyclic amines) is 2. The quantitative estimate of drug-likeness (QED) is 0.576. The maximum Gasteiger partial charge on any atom is 0.255 e. The Hall–Kier alpha value is -1.95. The molecule has 0 aromatic heterocycles. The summed E-state index contributed by atoms with van der Waals surface area (Å²) in [5.41, 5.74) is 0.605. The van der Waals surface area contributed by atoms with Crippen molar-refractivity contribution in [2.24, 2.45) is 11.8 Å². The van der Waals surface area contributed by atoms with Crippen LogP contribution in [0.15, 0.2) is 40.9 Å². The van der Waals surface area contributed by atoms with Crippen molar-refractivity contribution in [2.75, 3.05) is 13.1 Å². The van der Waals surface area contributed by atoms with Gasteiger partial charge in [-0.3, -0.25) is 19.3 Å². The first-order valence-corrected chi connectivity index (χ1v) is 8.93. The molecule has 0 saturated carbocycles. The van der Waals surface area contributed by atoms with E-state index in [9.17, 15) is 14.4 Å². The van der Waals surface area contributed by atoms with Gasteiger partial charge in [-0.25, -0.2) is 0 Å². The minimum atomic E-state index is -0.199. The van der Waals surface area contributed by atoms with Gasteiger partial charge in [0.1, 0.15) is 0 Å². The molecule has 1 aromatic carbocycles. The lowest BCUT2D eigenvalue weighted by Crippen LogP contribution is -2.62. The van der Waals surface area contributed by atoms with Crippen LogP contribution in [0.4, 0.5) is 0 Å². The number of carbonyl (C=O) groups excluding carboxylic acids is 3. The van der Waals surface area contributed by atoms with E-state index in [1.54, 1.807) is 11.0 Å². The average Bonchev–Trinajstić information content (AvgIpc) is 2.79. The van der Waals surface area contributed by atoms with E-state index in [2.05, 4.69) is 15.9 Å². The Bertz CT molecular complexity index is 728. The Morgan fingerprint density at radius 2 is 1.58 bits per heavy atom. The summed E-state index contributed by atoms with van der Waals surface area (Å²) in [5.74, 6) is -0.595. The second-order valence-electron chi connectivity index (χ2n) is 6.55. The largest absolute Gasteiger partial charge is 0.334 e. The number of fused-ring (bicyclic) bond motifs is 1. The van der Waals surface area contributed by atoms with Crippen LogP contribution in [-0.2, 0) is 9.59 Å². The fourth-order valence-electron chi connectivity index (χ4n) is 3.78. The molecule has 3 aliphatic rings. The van der Waals surface area contributed by atoms with E-state index in [-0.39, 0.29) is 35.6 Å². The molecule has 5 nitrogen and oxygen atoms in total. The number of benzene rings is 1. The van der Waals surface area contributed by atoms with Gasteiger partial charge in [-0.05, 0) is 40.9 Å². The average molecular weight is 389 g/mol. The fraction of sp³-hybridized carbons (Fsp3) is 0.389. The van der Waals surface area contributed by atoms with Crippen LogP contribution in [0.25, 0.3) is 0 Å². The van der Waals surface area contributed by atoms with E-state index < -0.39 is 0 Å². The Balaban J connectivity index is 1.45. The van der Waals surface area contributed by atoms with Crippen molar-refractivity contribution >= 4 is 33.7 Å². The van der Waals surface area contributed by atoms with E-state index in [1.807, 2.05) is 30.4 Å². The smallest absolute Gasteiger partial charge is 0.255 e. The van der Waals surface area contributed by atoms with Crippen molar-refractivity contribution in [1.82, 2.24) is 9.80 Å². The van der Waals surface area contributed by atoms with Gasteiger partial charge in [-0.2, -0.15) is 0 Å². The summed E-state index contributed by atoms with van der Waals surface area (Å²) in [6, 6.07) is 7.10. The minimum absolute atomic E-state index is 0.0626. The van der Waals surface area contributed by atoms with E-state index >= 15 is 0 Å². The first-order chi connectivity index (χ1) is 11.6. The Morgan fingerprint density at radius 3 is 2.17 bits per heavy atom. The maximum atomic E-state index is 12.5. The fourth-order valence-corrected chi connectivity index (χ4v) is 4.23. The zero-order chi connectivity index (χ0) is 16.8. The maximum absolute atomic E-state index is 12.5. The van der Waals surface area contributed by atoms with Gasteiger partial charge in [0, 0.05) is 17.6 Å². The molecule has 4 rings (SSSR count). The molecule has 0 radical (unpaired) electrons. The van der Waals surface area contributed by atoms with Gasteiger partial charge in [0.25, 0.3) is 5.91 Å². The van der Waals surface area contributed by atoms with E-state index in [1.165, 1.54) is 4.90 Å². The molecule has 2 fully saturated rings. The third-order valence-corrected chi connectivity index (χ3v) is 5.85. The van der Waals surface area contributed by atoms with Crippen molar-refractivity contribution in [3.05, 3.63) is 46.5 Å². The Labute approximate surface area is 148 Å². The molecular formula is C18H17BrN2O3. The molecule has 124 valence electrons. The topological polar surface area (TPSA) is 57.7 Å². The standard InChI is InChI=1S/C18H17BrN2O3/c19-15-8-4-3-7-14(15)16(22)20-9-11(10-20)21-17(23)12-5-1-2-6-13(12)18(21)24/h1-4,7-8,11-13H,5-6,9-10H2/t12-,13-/m0/s1. The molecule has 24 heavy (non-hydrogen) atoms. The van der Waals surface area contributed by atoms with Crippen LogP contribution < -0.4 is 0 Å². The van der Waals surface area contributed by atoms with E-state index in [0.29, 0.717) is 31.5 Å². The molecule has 6 heteroatoms. The molecule has 0 spiro atoms. The molecule has 2 saturated heterocycles. The van der Waals surface area contributed by atoms with Crippen LogP contribution in [0.5, 0.6) is 0 Å². The molecule has 2 heterocycles.